The SMILES string of the molecule is CC(C)(ON=C(C(=O)N[C@@H]1C(=O)N2C(C(=O)O)=C(C=Cc3cc(=O)c(O)cn3CCC(=O)O)CS[C@H]12)c1csc(N)n1)C(=O)O. The van der Waals surface area contributed by atoms with E-state index < -0.39 is 63.6 Å². The molecule has 0 radical (unpaired) electrons. The number of nitrogens with one attached hydrogen (secondary N) is 1. The molecule has 2 aliphatic heterocycles. The highest BCUT2D eigenvalue weighted by Gasteiger charge is 2.54. The van der Waals surface area contributed by atoms with Gasteiger partial charge in [-0.3, -0.25) is 24.1 Å². The number of hydrogen-bond acceptors (Lipinski definition) is 13. The Morgan fingerprint density at radius 2 is 1.93 bits per heavy atom. The number of aliphatic carboxylic acids is 3. The summed E-state index contributed by atoms with van der Waals surface area (Å²) >= 11 is 2.12. The van der Waals surface area contributed by atoms with Gasteiger partial charge in [0.15, 0.2) is 16.6 Å². The highest BCUT2D eigenvalue weighted by Crippen LogP contribution is 2.41. The highest BCUT2D eigenvalue weighted by molar-refractivity contribution is 8.00. The number of thioether (sulfide) groups is 1. The first-order valence-corrected chi connectivity index (χ1v) is 14.8. The zero-order valence-corrected chi connectivity index (χ0v) is 25.1. The molecule has 0 unspecified atom stereocenters. The molecular formula is C26H26N6O11S2. The summed E-state index contributed by atoms with van der Waals surface area (Å²) in [6, 6.07) is -0.126. The van der Waals surface area contributed by atoms with E-state index in [1.807, 2.05) is 0 Å². The van der Waals surface area contributed by atoms with E-state index >= 15 is 0 Å². The molecule has 1 saturated heterocycles. The minimum absolute atomic E-state index is 0.0364. The molecule has 4 rings (SSSR count). The van der Waals surface area contributed by atoms with Gasteiger partial charge in [-0.25, -0.2) is 14.6 Å². The summed E-state index contributed by atoms with van der Waals surface area (Å²) in [6.45, 7) is 2.32. The number of carbonyl (C=O) groups excluding carboxylic acids is 2. The first-order chi connectivity index (χ1) is 21.1. The Labute approximate surface area is 261 Å². The predicted octanol–water partition coefficient (Wildman–Crippen LogP) is 0.103. The number of fused-ring (bicyclic) bond motifs is 1. The van der Waals surface area contributed by atoms with E-state index in [1.165, 1.54) is 35.9 Å². The van der Waals surface area contributed by atoms with Crippen molar-refractivity contribution >= 4 is 69.7 Å². The molecule has 1 fully saturated rings. The van der Waals surface area contributed by atoms with Crippen LogP contribution < -0.4 is 16.5 Å². The van der Waals surface area contributed by atoms with Crippen LogP contribution in [0.4, 0.5) is 5.13 Å². The number of allylic oxidation sites excluding steroid dienone is 1. The van der Waals surface area contributed by atoms with Gasteiger partial charge in [0.05, 0.1) is 12.6 Å². The summed E-state index contributed by atoms with van der Waals surface area (Å²) in [5.74, 6) is -6.14. The third-order valence-corrected chi connectivity index (χ3v) is 8.49. The van der Waals surface area contributed by atoms with Crippen molar-refractivity contribution in [1.82, 2.24) is 19.8 Å². The van der Waals surface area contributed by atoms with Gasteiger partial charge in [0.2, 0.25) is 11.0 Å². The van der Waals surface area contributed by atoms with Crippen LogP contribution in [0.3, 0.4) is 0 Å². The van der Waals surface area contributed by atoms with Crippen LogP contribution in [0, 0.1) is 0 Å². The van der Waals surface area contributed by atoms with Crippen molar-refractivity contribution in [3.63, 3.8) is 0 Å². The summed E-state index contributed by atoms with van der Waals surface area (Å²) in [7, 11) is 0. The predicted molar refractivity (Wildman–Crippen MR) is 159 cm³/mol. The molecule has 0 bridgehead atoms. The number of hydrogen-bond donors (Lipinski definition) is 6. The summed E-state index contributed by atoms with van der Waals surface area (Å²) in [5.41, 5.74) is 2.64. The fourth-order valence-corrected chi connectivity index (χ4v) is 5.96. The summed E-state index contributed by atoms with van der Waals surface area (Å²) < 4.78 is 1.32. The van der Waals surface area contributed by atoms with Crippen LogP contribution in [0.25, 0.3) is 6.08 Å². The summed E-state index contributed by atoms with van der Waals surface area (Å²) in [5, 5.41) is 44.9. The number of aromatic nitrogens is 2. The lowest BCUT2D eigenvalue weighted by molar-refractivity contribution is -0.161. The van der Waals surface area contributed by atoms with E-state index in [0.717, 1.165) is 40.3 Å². The number of aromatic hydroxyl groups is 1. The molecule has 4 heterocycles. The second-order valence-electron chi connectivity index (χ2n) is 10.1. The number of nitrogens with zero attached hydrogens (tertiary/aromatic N) is 4. The molecule has 45 heavy (non-hydrogen) atoms. The van der Waals surface area contributed by atoms with E-state index in [0.29, 0.717) is 0 Å². The average Bonchev–Trinajstić information content (AvgIpc) is 3.40. The second kappa shape index (κ2) is 12.8. The fraction of sp³-hybridized carbons (Fsp3) is 0.308. The fourth-order valence-electron chi connectivity index (χ4n) is 4.10. The molecule has 0 spiro atoms. The standard InChI is InChI=1S/C26H26N6O11S2/c1-26(2,24(41)42)43-30-17(13-10-45-25(27)28-13)20(37)29-18-21(38)32-19(23(39)40)11(9-44-22(18)32)3-4-12-7-14(33)15(34)8-31(12)6-5-16(35)36/h3-4,7-8,10,18,22,34H,5-6,9H2,1-2H3,(H2,27,28)(H,29,37)(H,35,36)(H,39,40)(H,41,42)/t18-,22-/m1/s1. The molecule has 2 atom stereocenters. The number of nitrogen functional groups attached to an aromatic ring is 1. The van der Waals surface area contributed by atoms with E-state index in [-0.39, 0.29) is 46.5 Å². The number of nitrogens with two attached hydrogens (primary N) is 1. The van der Waals surface area contributed by atoms with Crippen LogP contribution >= 0.6 is 23.1 Å². The number of pyridine rings is 1. The highest BCUT2D eigenvalue weighted by atomic mass is 32.2. The Morgan fingerprint density at radius 1 is 1.22 bits per heavy atom. The molecule has 2 aliphatic rings. The van der Waals surface area contributed by atoms with Crippen LogP contribution in [0.15, 0.2) is 44.9 Å². The van der Waals surface area contributed by atoms with Crippen molar-refractivity contribution in [3.05, 3.63) is 56.6 Å². The molecule has 17 nitrogen and oxygen atoms in total. The van der Waals surface area contributed by atoms with Gasteiger partial charge in [0, 0.05) is 29.4 Å². The number of carboxylic acids is 3. The van der Waals surface area contributed by atoms with Gasteiger partial charge in [-0.15, -0.1) is 23.1 Å². The van der Waals surface area contributed by atoms with Crippen molar-refractivity contribution in [2.24, 2.45) is 5.16 Å². The molecule has 19 heteroatoms. The average molecular weight is 663 g/mol. The number of rotatable bonds is 12. The topological polar surface area (TPSA) is 264 Å². The lowest BCUT2D eigenvalue weighted by atomic mass is 10.0. The van der Waals surface area contributed by atoms with Crippen LogP contribution in [0.5, 0.6) is 5.75 Å². The first kappa shape index (κ1) is 32.7. The van der Waals surface area contributed by atoms with Crippen molar-refractivity contribution in [2.45, 2.75) is 43.8 Å². The maximum Gasteiger partial charge on any atom is 0.352 e. The van der Waals surface area contributed by atoms with Crippen molar-refractivity contribution in [2.75, 3.05) is 11.5 Å². The minimum Gasteiger partial charge on any atom is -0.503 e. The van der Waals surface area contributed by atoms with Crippen molar-refractivity contribution in [3.8, 4) is 5.75 Å². The number of amides is 2. The van der Waals surface area contributed by atoms with Crippen LogP contribution in [-0.2, 0) is 35.4 Å². The van der Waals surface area contributed by atoms with Crippen molar-refractivity contribution in [1.29, 1.82) is 0 Å². The molecule has 2 aromatic rings. The number of carbonyl (C=O) groups is 5. The third-order valence-electron chi connectivity index (χ3n) is 6.51. The number of β-lactam (4-membered cyclic amide) rings is 1. The van der Waals surface area contributed by atoms with E-state index in [2.05, 4.69) is 15.5 Å². The second-order valence-corrected chi connectivity index (χ2v) is 12.1. The Balaban J connectivity index is 1.58. The van der Waals surface area contributed by atoms with Gasteiger partial charge in [-0.1, -0.05) is 11.2 Å². The molecule has 238 valence electrons. The number of carboxylic acid groups (broad SMARTS) is 3. The zero-order chi connectivity index (χ0) is 33.2. The van der Waals surface area contributed by atoms with E-state index in [1.54, 1.807) is 0 Å². The van der Waals surface area contributed by atoms with Gasteiger partial charge < -0.3 is 40.9 Å². The number of aryl methyl sites for hydroxylation is 1. The Kier molecular flexibility index (Phi) is 9.33. The van der Waals surface area contributed by atoms with Gasteiger partial charge in [0.1, 0.15) is 22.8 Å². The lowest BCUT2D eigenvalue weighted by Crippen LogP contribution is -2.71. The Bertz CT molecular complexity index is 1740. The molecule has 0 aromatic carbocycles. The quantitative estimate of drug-likeness (QED) is 0.100. The maximum absolute atomic E-state index is 13.2. The van der Waals surface area contributed by atoms with Gasteiger partial charge in [-0.2, -0.15) is 0 Å². The molecule has 2 aromatic heterocycles. The van der Waals surface area contributed by atoms with Crippen LogP contribution in [-0.4, -0.2) is 93.1 Å². The molecular weight excluding hydrogens is 636 g/mol. The van der Waals surface area contributed by atoms with Gasteiger partial charge in [-0.05, 0) is 25.5 Å². The normalized spacial score (nSPS) is 18.4. The number of anilines is 1. The van der Waals surface area contributed by atoms with E-state index in [4.69, 9.17) is 15.7 Å². The van der Waals surface area contributed by atoms with Gasteiger partial charge >= 0.3 is 17.9 Å². The van der Waals surface area contributed by atoms with Crippen LogP contribution in [0.2, 0.25) is 0 Å². The maximum atomic E-state index is 13.2. The Hall–Kier alpha value is -5.17. The first-order valence-electron chi connectivity index (χ1n) is 12.9. The monoisotopic (exact) mass is 662 g/mol. The summed E-state index contributed by atoms with van der Waals surface area (Å²) in [6.07, 6.45) is 3.49. The Morgan fingerprint density at radius 3 is 2.53 bits per heavy atom. The number of oxime groups is 1. The summed E-state index contributed by atoms with van der Waals surface area (Å²) in [4.78, 5) is 83.2. The molecule has 0 saturated carbocycles. The zero-order valence-electron chi connectivity index (χ0n) is 23.5. The molecule has 0 aliphatic carbocycles. The van der Waals surface area contributed by atoms with Crippen molar-refractivity contribution < 1.29 is 49.2 Å². The van der Waals surface area contributed by atoms with Crippen LogP contribution in [0.1, 0.15) is 31.7 Å². The minimum atomic E-state index is -1.81. The lowest BCUT2D eigenvalue weighted by Gasteiger charge is -2.49. The smallest absolute Gasteiger partial charge is 0.352 e. The molecule has 2 amide bonds. The number of thiazole rings is 1. The third kappa shape index (κ3) is 6.99. The largest absolute Gasteiger partial charge is 0.503 e. The van der Waals surface area contributed by atoms with E-state index in [9.17, 15) is 44.1 Å². The van der Waals surface area contributed by atoms with Gasteiger partial charge in [0.25, 0.3) is 11.8 Å². The molecule has 7 N–H and O–H groups in total.